The minimum absolute atomic E-state index is 0.0668. The molecule has 162 valence electrons. The number of nitrogens with zero attached hydrogens (tertiary/aromatic N) is 3. The normalized spacial score (nSPS) is 22.0. The smallest absolute Gasteiger partial charge is 0.257 e. The SMILES string of the molecule is O=C(c1cn(CC2CCC(c3ccc(Cl)cc3)CC2)c2cccnc12)N1CCOCC1. The minimum Gasteiger partial charge on any atom is -0.378 e. The van der Waals surface area contributed by atoms with Crippen molar-refractivity contribution < 1.29 is 9.53 Å². The van der Waals surface area contributed by atoms with Crippen LogP contribution in [0.25, 0.3) is 11.0 Å². The van der Waals surface area contributed by atoms with E-state index in [-0.39, 0.29) is 5.91 Å². The number of rotatable bonds is 4. The molecular formula is C25H28ClN3O2. The van der Waals surface area contributed by atoms with Crippen LogP contribution >= 0.6 is 11.6 Å². The van der Waals surface area contributed by atoms with Gasteiger partial charge in [0.25, 0.3) is 5.91 Å². The summed E-state index contributed by atoms with van der Waals surface area (Å²) in [6.07, 6.45) is 8.59. The van der Waals surface area contributed by atoms with Crippen LogP contribution < -0.4 is 0 Å². The first-order valence-electron chi connectivity index (χ1n) is 11.3. The van der Waals surface area contributed by atoms with E-state index >= 15 is 0 Å². The number of ether oxygens (including phenoxy) is 1. The monoisotopic (exact) mass is 437 g/mol. The Morgan fingerprint density at radius 3 is 2.55 bits per heavy atom. The first-order valence-corrected chi connectivity index (χ1v) is 11.6. The number of carbonyl (C=O) groups excluding carboxylic acids is 1. The van der Waals surface area contributed by atoms with Crippen LogP contribution in [0, 0.1) is 5.92 Å². The van der Waals surface area contributed by atoms with Gasteiger partial charge < -0.3 is 14.2 Å². The van der Waals surface area contributed by atoms with Gasteiger partial charge in [0.15, 0.2) is 0 Å². The van der Waals surface area contributed by atoms with Crippen molar-refractivity contribution in [3.05, 3.63) is 64.9 Å². The summed E-state index contributed by atoms with van der Waals surface area (Å²) >= 11 is 6.04. The largest absolute Gasteiger partial charge is 0.378 e. The standard InChI is InChI=1S/C25H28ClN3O2/c26-21-9-7-20(8-10-21)19-5-3-18(4-6-19)16-29-17-22(24-23(29)2-1-11-27-24)25(30)28-12-14-31-15-13-28/h1-2,7-11,17-19H,3-6,12-16H2. The summed E-state index contributed by atoms with van der Waals surface area (Å²) in [5.41, 5.74) is 3.98. The van der Waals surface area contributed by atoms with E-state index in [9.17, 15) is 4.79 Å². The van der Waals surface area contributed by atoms with E-state index in [0.717, 1.165) is 22.6 Å². The van der Waals surface area contributed by atoms with E-state index in [0.29, 0.717) is 43.7 Å². The zero-order valence-electron chi connectivity index (χ0n) is 17.7. The van der Waals surface area contributed by atoms with E-state index in [4.69, 9.17) is 16.3 Å². The summed E-state index contributed by atoms with van der Waals surface area (Å²) in [6, 6.07) is 12.4. The van der Waals surface area contributed by atoms with Crippen molar-refractivity contribution in [2.45, 2.75) is 38.1 Å². The third-order valence-electron chi connectivity index (χ3n) is 6.81. The van der Waals surface area contributed by atoms with E-state index in [1.54, 1.807) is 6.20 Å². The third-order valence-corrected chi connectivity index (χ3v) is 7.06. The molecule has 0 spiro atoms. The molecule has 1 saturated heterocycles. The quantitative estimate of drug-likeness (QED) is 0.568. The number of carbonyl (C=O) groups is 1. The zero-order valence-corrected chi connectivity index (χ0v) is 18.4. The lowest BCUT2D eigenvalue weighted by atomic mass is 9.78. The molecule has 5 rings (SSSR count). The van der Waals surface area contributed by atoms with Crippen molar-refractivity contribution in [3.63, 3.8) is 0 Å². The summed E-state index contributed by atoms with van der Waals surface area (Å²) in [4.78, 5) is 19.6. The van der Waals surface area contributed by atoms with Gasteiger partial charge in [-0.25, -0.2) is 0 Å². The maximum absolute atomic E-state index is 13.2. The third kappa shape index (κ3) is 4.35. The highest BCUT2D eigenvalue weighted by molar-refractivity contribution is 6.30. The van der Waals surface area contributed by atoms with Crippen molar-refractivity contribution in [3.8, 4) is 0 Å². The molecule has 0 N–H and O–H groups in total. The van der Waals surface area contributed by atoms with Gasteiger partial charge in [-0.15, -0.1) is 0 Å². The average Bonchev–Trinajstić information content (AvgIpc) is 3.19. The van der Waals surface area contributed by atoms with Gasteiger partial charge in [-0.2, -0.15) is 0 Å². The fourth-order valence-electron chi connectivity index (χ4n) is 5.06. The molecule has 1 saturated carbocycles. The van der Waals surface area contributed by atoms with Gasteiger partial charge in [-0.05, 0) is 67.3 Å². The lowest BCUT2D eigenvalue weighted by Gasteiger charge is -2.29. The number of pyridine rings is 1. The van der Waals surface area contributed by atoms with E-state index in [1.807, 2.05) is 29.3 Å². The fraction of sp³-hybridized carbons (Fsp3) is 0.440. The highest BCUT2D eigenvalue weighted by Gasteiger charge is 2.26. The van der Waals surface area contributed by atoms with Crippen LogP contribution in [0.15, 0.2) is 48.8 Å². The van der Waals surface area contributed by atoms with Crippen LogP contribution in [0.1, 0.15) is 47.5 Å². The molecule has 2 aromatic heterocycles. The minimum atomic E-state index is 0.0668. The van der Waals surface area contributed by atoms with Gasteiger partial charge in [0.2, 0.25) is 0 Å². The van der Waals surface area contributed by atoms with Gasteiger partial charge in [0.05, 0.1) is 24.3 Å². The van der Waals surface area contributed by atoms with Gasteiger partial charge >= 0.3 is 0 Å². The van der Waals surface area contributed by atoms with Crippen LogP contribution in [0.3, 0.4) is 0 Å². The fourth-order valence-corrected chi connectivity index (χ4v) is 5.18. The second-order valence-electron chi connectivity index (χ2n) is 8.74. The predicted molar refractivity (Wildman–Crippen MR) is 123 cm³/mol. The Bertz CT molecular complexity index is 1050. The molecule has 1 aliphatic heterocycles. The first kappa shape index (κ1) is 20.5. The number of morpholine rings is 1. The topological polar surface area (TPSA) is 47.4 Å². The Morgan fingerprint density at radius 2 is 1.81 bits per heavy atom. The highest BCUT2D eigenvalue weighted by atomic mass is 35.5. The van der Waals surface area contributed by atoms with Gasteiger partial charge in [-0.1, -0.05) is 23.7 Å². The maximum atomic E-state index is 13.2. The van der Waals surface area contributed by atoms with Crippen LogP contribution in [0.5, 0.6) is 0 Å². The van der Waals surface area contributed by atoms with Crippen LogP contribution in [0.2, 0.25) is 5.02 Å². The van der Waals surface area contributed by atoms with Crippen molar-refractivity contribution >= 4 is 28.5 Å². The number of hydrogen-bond acceptors (Lipinski definition) is 3. The molecule has 3 aromatic rings. The lowest BCUT2D eigenvalue weighted by Crippen LogP contribution is -2.40. The second-order valence-corrected chi connectivity index (χ2v) is 9.18. The van der Waals surface area contributed by atoms with Gasteiger partial charge in [0, 0.05) is 37.1 Å². The Morgan fingerprint density at radius 1 is 1.06 bits per heavy atom. The van der Waals surface area contributed by atoms with E-state index < -0.39 is 0 Å². The van der Waals surface area contributed by atoms with Crippen molar-refractivity contribution in [2.75, 3.05) is 26.3 Å². The van der Waals surface area contributed by atoms with Gasteiger partial charge in [-0.3, -0.25) is 9.78 Å². The zero-order chi connectivity index (χ0) is 21.2. The van der Waals surface area contributed by atoms with Crippen molar-refractivity contribution in [1.29, 1.82) is 0 Å². The number of benzene rings is 1. The number of fused-ring (bicyclic) bond motifs is 1. The molecule has 2 aliphatic rings. The molecule has 0 bridgehead atoms. The second kappa shape index (κ2) is 9.01. The average molecular weight is 438 g/mol. The van der Waals surface area contributed by atoms with Crippen LogP contribution in [0.4, 0.5) is 0 Å². The van der Waals surface area contributed by atoms with Crippen molar-refractivity contribution in [2.24, 2.45) is 5.92 Å². The summed E-state index contributed by atoms with van der Waals surface area (Å²) in [5, 5.41) is 0.799. The molecule has 1 amide bonds. The summed E-state index contributed by atoms with van der Waals surface area (Å²) in [7, 11) is 0. The predicted octanol–water partition coefficient (Wildman–Crippen LogP) is 5.14. The highest BCUT2D eigenvalue weighted by Crippen LogP contribution is 2.37. The molecular weight excluding hydrogens is 410 g/mol. The Balaban J connectivity index is 1.31. The molecule has 2 fully saturated rings. The number of aromatic nitrogens is 2. The molecule has 31 heavy (non-hydrogen) atoms. The molecule has 0 unspecified atom stereocenters. The Kier molecular flexibility index (Phi) is 5.97. The number of halogens is 1. The molecule has 1 aliphatic carbocycles. The number of amides is 1. The Hall–Kier alpha value is -2.37. The molecule has 1 aromatic carbocycles. The number of hydrogen-bond donors (Lipinski definition) is 0. The van der Waals surface area contributed by atoms with Crippen molar-refractivity contribution in [1.82, 2.24) is 14.5 Å². The summed E-state index contributed by atoms with van der Waals surface area (Å²) in [6.45, 7) is 3.44. The first-order chi connectivity index (χ1) is 15.2. The maximum Gasteiger partial charge on any atom is 0.257 e. The summed E-state index contributed by atoms with van der Waals surface area (Å²) < 4.78 is 7.66. The molecule has 6 heteroatoms. The van der Waals surface area contributed by atoms with Gasteiger partial charge in [0.1, 0.15) is 5.52 Å². The van der Waals surface area contributed by atoms with Crippen LogP contribution in [-0.2, 0) is 11.3 Å². The summed E-state index contributed by atoms with van der Waals surface area (Å²) in [5.74, 6) is 1.30. The van der Waals surface area contributed by atoms with Crippen LogP contribution in [-0.4, -0.2) is 46.7 Å². The van der Waals surface area contributed by atoms with E-state index in [1.165, 1.54) is 31.2 Å². The molecule has 0 radical (unpaired) electrons. The molecule has 3 heterocycles. The Labute approximate surface area is 188 Å². The molecule has 0 atom stereocenters. The lowest BCUT2D eigenvalue weighted by molar-refractivity contribution is 0.0304. The molecule has 5 nitrogen and oxygen atoms in total. The van der Waals surface area contributed by atoms with E-state index in [2.05, 4.69) is 27.8 Å².